The molecule has 4 aromatic carbocycles. The Morgan fingerprint density at radius 3 is 1.93 bits per heavy atom. The highest BCUT2D eigenvalue weighted by Crippen LogP contribution is 2.45. The first-order chi connectivity index (χ1) is 20.2. The Bertz CT molecular complexity index is 1520. The summed E-state index contributed by atoms with van der Waals surface area (Å²) in [5, 5.41) is 0. The zero-order chi connectivity index (χ0) is 29.7. The van der Waals surface area contributed by atoms with Crippen LogP contribution in [0.4, 0.5) is 10.5 Å². The van der Waals surface area contributed by atoms with Crippen LogP contribution in [0.1, 0.15) is 49.1 Å². The Hall–Kier alpha value is -4.91. The number of benzene rings is 4. The van der Waals surface area contributed by atoms with E-state index in [2.05, 4.69) is 0 Å². The predicted molar refractivity (Wildman–Crippen MR) is 163 cm³/mol. The molecule has 0 saturated carbocycles. The number of nitrogens with zero attached hydrogens (tertiary/aromatic N) is 2. The van der Waals surface area contributed by atoms with Crippen LogP contribution in [0.2, 0.25) is 0 Å². The van der Waals surface area contributed by atoms with E-state index in [0.29, 0.717) is 29.3 Å². The highest BCUT2D eigenvalue weighted by Gasteiger charge is 2.48. The molecule has 0 radical (unpaired) electrons. The number of methoxy groups -OCH3 is 1. The number of carbonyl (C=O) groups excluding carboxylic acids is 2. The van der Waals surface area contributed by atoms with Gasteiger partial charge < -0.3 is 14.2 Å². The molecular formula is C35H34N2O5. The van der Waals surface area contributed by atoms with Crippen LogP contribution in [-0.4, -0.2) is 36.5 Å². The molecule has 0 unspecified atom stereocenters. The fraction of sp³-hybridized carbons (Fsp3) is 0.229. The molecule has 42 heavy (non-hydrogen) atoms. The maximum Gasteiger partial charge on any atom is 0.415 e. The summed E-state index contributed by atoms with van der Waals surface area (Å²) in [5.41, 5.74) is 3.85. The normalized spacial score (nSPS) is 15.9. The molecule has 5 rings (SSSR count). The third-order valence-corrected chi connectivity index (χ3v) is 6.80. The van der Waals surface area contributed by atoms with Crippen molar-refractivity contribution in [3.8, 4) is 5.75 Å². The lowest BCUT2D eigenvalue weighted by Crippen LogP contribution is -2.47. The summed E-state index contributed by atoms with van der Waals surface area (Å²) in [7, 11) is 1.31. The van der Waals surface area contributed by atoms with Crippen molar-refractivity contribution in [3.05, 3.63) is 131 Å². The maximum atomic E-state index is 13.6. The van der Waals surface area contributed by atoms with Gasteiger partial charge in [0.25, 0.3) is 0 Å². The van der Waals surface area contributed by atoms with Gasteiger partial charge in [-0.25, -0.2) is 9.59 Å². The average Bonchev–Trinajstić information content (AvgIpc) is 3.32. The topological polar surface area (TPSA) is 77.4 Å². The number of hydrogen-bond donors (Lipinski definition) is 0. The summed E-state index contributed by atoms with van der Waals surface area (Å²) in [6.07, 6.45) is -0.657. The van der Waals surface area contributed by atoms with E-state index in [-0.39, 0.29) is 0 Å². The lowest BCUT2D eigenvalue weighted by atomic mass is 9.99. The second-order valence-corrected chi connectivity index (χ2v) is 11.0. The molecule has 7 heteroatoms. The second kappa shape index (κ2) is 12.3. The number of aliphatic imine (C=N–C) groups is 1. The van der Waals surface area contributed by atoms with E-state index < -0.39 is 29.7 Å². The molecule has 7 nitrogen and oxygen atoms in total. The first-order valence-corrected chi connectivity index (χ1v) is 13.8. The highest BCUT2D eigenvalue weighted by molar-refractivity contribution is 6.13. The number of carbonyl (C=O) groups is 2. The van der Waals surface area contributed by atoms with Crippen molar-refractivity contribution in [2.75, 3.05) is 12.0 Å². The number of anilines is 1. The number of amides is 1. The lowest BCUT2D eigenvalue weighted by molar-refractivity contribution is -0.142. The molecule has 1 aliphatic rings. The molecule has 4 aromatic rings. The zero-order valence-corrected chi connectivity index (χ0v) is 24.2. The summed E-state index contributed by atoms with van der Waals surface area (Å²) >= 11 is 0. The summed E-state index contributed by atoms with van der Waals surface area (Å²) in [4.78, 5) is 33.7. The number of ether oxygens (including phenoxy) is 3. The smallest absolute Gasteiger partial charge is 0.415 e. The van der Waals surface area contributed by atoms with E-state index >= 15 is 0 Å². The van der Waals surface area contributed by atoms with Crippen molar-refractivity contribution in [1.29, 1.82) is 0 Å². The molecule has 0 saturated heterocycles. The van der Waals surface area contributed by atoms with E-state index in [4.69, 9.17) is 19.2 Å². The van der Waals surface area contributed by atoms with Gasteiger partial charge in [0, 0.05) is 16.7 Å². The molecule has 2 atom stereocenters. The van der Waals surface area contributed by atoms with Crippen LogP contribution in [0.5, 0.6) is 5.75 Å². The minimum Gasteiger partial charge on any atom is -0.489 e. The second-order valence-electron chi connectivity index (χ2n) is 11.0. The first kappa shape index (κ1) is 28.6. The van der Waals surface area contributed by atoms with Crippen molar-refractivity contribution in [1.82, 2.24) is 0 Å². The Balaban J connectivity index is 1.66. The van der Waals surface area contributed by atoms with Crippen LogP contribution in [0.15, 0.2) is 114 Å². The van der Waals surface area contributed by atoms with Crippen LogP contribution in [0, 0.1) is 0 Å². The zero-order valence-electron chi connectivity index (χ0n) is 24.2. The molecule has 1 aliphatic heterocycles. The molecule has 0 aliphatic carbocycles. The number of fused-ring (bicyclic) bond motifs is 1. The van der Waals surface area contributed by atoms with E-state index in [1.165, 1.54) is 12.0 Å². The summed E-state index contributed by atoms with van der Waals surface area (Å²) in [6, 6.07) is 32.9. The van der Waals surface area contributed by atoms with Crippen molar-refractivity contribution >= 4 is 23.5 Å². The monoisotopic (exact) mass is 562 g/mol. The molecule has 1 amide bonds. The van der Waals surface area contributed by atoms with Crippen LogP contribution in [0.3, 0.4) is 0 Å². The Morgan fingerprint density at radius 1 is 0.810 bits per heavy atom. The molecule has 0 spiro atoms. The fourth-order valence-electron chi connectivity index (χ4n) is 4.95. The average molecular weight is 563 g/mol. The molecule has 1 heterocycles. The van der Waals surface area contributed by atoms with Gasteiger partial charge in [-0.05, 0) is 44.5 Å². The maximum absolute atomic E-state index is 13.6. The predicted octanol–water partition coefficient (Wildman–Crippen LogP) is 7.14. The molecule has 0 aromatic heterocycles. The van der Waals surface area contributed by atoms with Crippen molar-refractivity contribution in [2.45, 2.75) is 45.1 Å². The quantitative estimate of drug-likeness (QED) is 0.177. The molecule has 0 fully saturated rings. The van der Waals surface area contributed by atoms with Crippen molar-refractivity contribution < 1.29 is 23.8 Å². The fourth-order valence-corrected chi connectivity index (χ4v) is 4.95. The van der Waals surface area contributed by atoms with Gasteiger partial charge in [-0.1, -0.05) is 91.0 Å². The summed E-state index contributed by atoms with van der Waals surface area (Å²) in [6.45, 7) is 5.72. The number of rotatable bonds is 7. The van der Waals surface area contributed by atoms with Crippen LogP contribution < -0.4 is 9.64 Å². The molecular weight excluding hydrogens is 528 g/mol. The molecule has 214 valence electrons. The van der Waals surface area contributed by atoms with Crippen molar-refractivity contribution in [3.63, 3.8) is 0 Å². The van der Waals surface area contributed by atoms with Crippen LogP contribution in [-0.2, 0) is 20.9 Å². The number of hydrogen-bond acceptors (Lipinski definition) is 6. The Kier molecular flexibility index (Phi) is 8.38. The largest absolute Gasteiger partial charge is 0.489 e. The Morgan fingerprint density at radius 2 is 1.38 bits per heavy atom. The lowest BCUT2D eigenvalue weighted by Gasteiger charge is -2.29. The van der Waals surface area contributed by atoms with Crippen molar-refractivity contribution in [2.24, 2.45) is 4.99 Å². The van der Waals surface area contributed by atoms with E-state index in [1.807, 2.05) is 97.1 Å². The van der Waals surface area contributed by atoms with Crippen LogP contribution >= 0.6 is 0 Å². The van der Waals surface area contributed by atoms with E-state index in [1.54, 1.807) is 32.9 Å². The van der Waals surface area contributed by atoms with Gasteiger partial charge in [0.15, 0.2) is 6.04 Å². The summed E-state index contributed by atoms with van der Waals surface area (Å²) < 4.78 is 17.1. The number of esters is 1. The van der Waals surface area contributed by atoms with Gasteiger partial charge in [-0.2, -0.15) is 0 Å². The van der Waals surface area contributed by atoms with Gasteiger partial charge in [-0.15, -0.1) is 0 Å². The van der Waals surface area contributed by atoms with E-state index in [9.17, 15) is 9.59 Å². The Labute approximate surface area is 246 Å². The standard InChI is InChI=1S/C35H34N2O5/c1-35(2,3)42-34(39)37-29-21-20-27(41-23-24-14-8-5-9-15-24)22-28(29)31(32(37)33(38)40-4)36-30(25-16-10-6-11-17-25)26-18-12-7-13-19-26/h5-22,31-32H,23H2,1-4H3/t31-,32-/m1/s1. The van der Waals surface area contributed by atoms with Crippen LogP contribution in [0.25, 0.3) is 0 Å². The summed E-state index contributed by atoms with van der Waals surface area (Å²) in [5.74, 6) is -0.00790. The minimum atomic E-state index is -1.09. The van der Waals surface area contributed by atoms with Gasteiger partial charge in [0.1, 0.15) is 24.0 Å². The third kappa shape index (κ3) is 6.36. The van der Waals surface area contributed by atoms with Gasteiger partial charge in [0.05, 0.1) is 18.5 Å². The van der Waals surface area contributed by atoms with E-state index in [0.717, 1.165) is 16.7 Å². The molecule has 0 N–H and O–H groups in total. The van der Waals surface area contributed by atoms with Gasteiger partial charge >= 0.3 is 12.1 Å². The first-order valence-electron chi connectivity index (χ1n) is 13.8. The highest BCUT2D eigenvalue weighted by atomic mass is 16.6. The SMILES string of the molecule is COC(=O)[C@H]1[C@H](N=C(c2ccccc2)c2ccccc2)c2cc(OCc3ccccc3)ccc2N1C(=O)OC(C)(C)C. The minimum absolute atomic E-state index is 0.364. The van der Waals surface area contributed by atoms with Gasteiger partial charge in [0.2, 0.25) is 0 Å². The van der Waals surface area contributed by atoms with Gasteiger partial charge in [-0.3, -0.25) is 9.89 Å². The third-order valence-electron chi connectivity index (χ3n) is 6.80. The molecule has 0 bridgehead atoms.